The lowest BCUT2D eigenvalue weighted by Gasteiger charge is -2.22. The Labute approximate surface area is 119 Å². The summed E-state index contributed by atoms with van der Waals surface area (Å²) < 4.78 is 5.92. The molecule has 1 aromatic rings. The first-order valence-corrected chi connectivity index (χ1v) is 6.83. The maximum Gasteiger partial charge on any atom is 0.337 e. The van der Waals surface area contributed by atoms with E-state index in [1.165, 1.54) is 6.07 Å². The van der Waals surface area contributed by atoms with Crippen molar-refractivity contribution in [1.82, 2.24) is 0 Å². The van der Waals surface area contributed by atoms with Crippen molar-refractivity contribution in [1.29, 1.82) is 0 Å². The van der Waals surface area contributed by atoms with Crippen molar-refractivity contribution in [3.8, 4) is 0 Å². The number of anilines is 1. The average molecular weight is 328 g/mol. The smallest absolute Gasteiger partial charge is 0.337 e. The Morgan fingerprint density at radius 2 is 2.16 bits per heavy atom. The topological polar surface area (TPSA) is 75.6 Å². The van der Waals surface area contributed by atoms with Gasteiger partial charge in [0.25, 0.3) is 5.91 Å². The quantitative estimate of drug-likeness (QED) is 0.894. The summed E-state index contributed by atoms with van der Waals surface area (Å²) in [6.45, 7) is 0.569. The van der Waals surface area contributed by atoms with Gasteiger partial charge < -0.3 is 15.2 Å². The third-order valence-corrected chi connectivity index (χ3v) is 3.63. The second-order valence-corrected chi connectivity index (χ2v) is 5.17. The molecule has 0 aromatic heterocycles. The highest BCUT2D eigenvalue weighted by Crippen LogP contribution is 2.27. The minimum atomic E-state index is -1.08. The third kappa shape index (κ3) is 3.33. The van der Waals surface area contributed by atoms with Crippen molar-refractivity contribution >= 4 is 33.5 Å². The fourth-order valence-electron chi connectivity index (χ4n) is 1.98. The van der Waals surface area contributed by atoms with Gasteiger partial charge in [-0.3, -0.25) is 4.79 Å². The Balaban J connectivity index is 2.18. The number of amides is 1. The second kappa shape index (κ2) is 6.16. The van der Waals surface area contributed by atoms with Crippen molar-refractivity contribution in [2.45, 2.75) is 25.4 Å². The monoisotopic (exact) mass is 327 g/mol. The number of carboxylic acid groups (broad SMARTS) is 1. The summed E-state index contributed by atoms with van der Waals surface area (Å²) in [6, 6.07) is 4.74. The summed E-state index contributed by atoms with van der Waals surface area (Å²) in [5.41, 5.74) is 0.327. The molecule has 1 aromatic carbocycles. The molecule has 1 aliphatic rings. The molecular weight excluding hydrogens is 314 g/mol. The van der Waals surface area contributed by atoms with Crippen molar-refractivity contribution in [3.05, 3.63) is 28.2 Å². The lowest BCUT2D eigenvalue weighted by Crippen LogP contribution is -2.33. The molecule has 0 bridgehead atoms. The molecule has 0 spiro atoms. The largest absolute Gasteiger partial charge is 0.478 e. The summed E-state index contributed by atoms with van der Waals surface area (Å²) in [6.07, 6.45) is 2.07. The minimum absolute atomic E-state index is 0.0542. The van der Waals surface area contributed by atoms with Crippen LogP contribution in [0.15, 0.2) is 22.7 Å². The van der Waals surface area contributed by atoms with Crippen LogP contribution in [0, 0.1) is 0 Å². The molecule has 19 heavy (non-hydrogen) atoms. The summed E-state index contributed by atoms with van der Waals surface area (Å²) in [5, 5.41) is 11.7. The molecule has 1 atom stereocenters. The zero-order valence-electron chi connectivity index (χ0n) is 10.2. The second-order valence-electron chi connectivity index (χ2n) is 4.31. The number of benzene rings is 1. The molecule has 1 unspecified atom stereocenters. The van der Waals surface area contributed by atoms with Gasteiger partial charge in [0.2, 0.25) is 0 Å². The Morgan fingerprint density at radius 3 is 2.79 bits per heavy atom. The van der Waals surface area contributed by atoms with E-state index in [0.717, 1.165) is 12.8 Å². The number of carbonyl (C=O) groups excluding carboxylic acids is 1. The van der Waals surface area contributed by atoms with Gasteiger partial charge in [0.1, 0.15) is 6.10 Å². The molecule has 0 saturated carbocycles. The van der Waals surface area contributed by atoms with Crippen LogP contribution < -0.4 is 5.32 Å². The van der Waals surface area contributed by atoms with E-state index in [9.17, 15) is 9.59 Å². The number of carboxylic acids is 1. The highest BCUT2D eigenvalue weighted by Gasteiger charge is 2.24. The average Bonchev–Trinajstić information content (AvgIpc) is 2.41. The molecule has 1 amide bonds. The van der Waals surface area contributed by atoms with Crippen LogP contribution in [0.1, 0.15) is 29.6 Å². The van der Waals surface area contributed by atoms with Crippen molar-refractivity contribution < 1.29 is 19.4 Å². The van der Waals surface area contributed by atoms with Gasteiger partial charge >= 0.3 is 5.97 Å². The number of ether oxygens (including phenoxy) is 1. The van der Waals surface area contributed by atoms with Crippen molar-refractivity contribution in [3.63, 3.8) is 0 Å². The van der Waals surface area contributed by atoms with E-state index in [4.69, 9.17) is 9.84 Å². The van der Waals surface area contributed by atoms with Gasteiger partial charge in [-0.25, -0.2) is 4.79 Å². The third-order valence-electron chi connectivity index (χ3n) is 2.96. The van der Waals surface area contributed by atoms with Gasteiger partial charge in [0, 0.05) is 11.1 Å². The first-order chi connectivity index (χ1) is 9.09. The summed E-state index contributed by atoms with van der Waals surface area (Å²) in [4.78, 5) is 23.2. The predicted molar refractivity (Wildman–Crippen MR) is 73.3 cm³/mol. The van der Waals surface area contributed by atoms with Crippen molar-refractivity contribution in [2.75, 3.05) is 11.9 Å². The lowest BCUT2D eigenvalue weighted by atomic mass is 10.1. The molecule has 5 nitrogen and oxygen atoms in total. The molecule has 102 valence electrons. The van der Waals surface area contributed by atoms with E-state index in [1.807, 2.05) is 0 Å². The Hall–Kier alpha value is -1.40. The highest BCUT2D eigenvalue weighted by molar-refractivity contribution is 9.10. The molecule has 6 heteroatoms. The summed E-state index contributed by atoms with van der Waals surface area (Å²) >= 11 is 3.25. The number of nitrogens with one attached hydrogen (secondary N) is 1. The molecule has 1 aliphatic heterocycles. The zero-order valence-corrected chi connectivity index (χ0v) is 11.8. The van der Waals surface area contributed by atoms with Crippen LogP contribution in [0.5, 0.6) is 0 Å². The Bertz CT molecular complexity index is 497. The Morgan fingerprint density at radius 1 is 1.37 bits per heavy atom. The number of rotatable bonds is 3. The standard InChI is InChI=1S/C13H14BrNO4/c14-9-5-3-4-8(13(17)18)11(9)15-12(16)10-6-1-2-7-19-10/h3-5,10H,1-2,6-7H2,(H,15,16)(H,17,18). The van der Waals surface area contributed by atoms with Crippen LogP contribution >= 0.6 is 15.9 Å². The van der Waals surface area contributed by atoms with Gasteiger partial charge in [0.05, 0.1) is 11.3 Å². The van der Waals surface area contributed by atoms with Gasteiger partial charge in [0.15, 0.2) is 0 Å². The number of carbonyl (C=O) groups is 2. The SMILES string of the molecule is O=C(O)c1cccc(Br)c1NC(=O)C1CCCCO1. The fraction of sp³-hybridized carbons (Fsp3) is 0.385. The van der Waals surface area contributed by atoms with Gasteiger partial charge in [-0.1, -0.05) is 6.07 Å². The molecule has 1 heterocycles. The van der Waals surface area contributed by atoms with E-state index in [-0.39, 0.29) is 17.2 Å². The van der Waals surface area contributed by atoms with Gasteiger partial charge in [-0.2, -0.15) is 0 Å². The zero-order chi connectivity index (χ0) is 13.8. The molecule has 2 N–H and O–H groups in total. The number of hydrogen-bond donors (Lipinski definition) is 2. The fourth-order valence-corrected chi connectivity index (χ4v) is 2.45. The number of halogens is 1. The van der Waals surface area contributed by atoms with E-state index in [2.05, 4.69) is 21.2 Å². The highest BCUT2D eigenvalue weighted by atomic mass is 79.9. The summed E-state index contributed by atoms with van der Waals surface area (Å²) in [7, 11) is 0. The molecule has 0 aliphatic carbocycles. The van der Waals surface area contributed by atoms with Crippen molar-refractivity contribution in [2.24, 2.45) is 0 Å². The number of hydrogen-bond acceptors (Lipinski definition) is 3. The van der Waals surface area contributed by atoms with Crippen LogP contribution in [-0.4, -0.2) is 29.7 Å². The number of para-hydroxylation sites is 1. The van der Waals surface area contributed by atoms with E-state index in [1.54, 1.807) is 12.1 Å². The van der Waals surface area contributed by atoms with Crippen LogP contribution in [0.4, 0.5) is 5.69 Å². The predicted octanol–water partition coefficient (Wildman–Crippen LogP) is 2.65. The van der Waals surface area contributed by atoms with Gasteiger partial charge in [-0.05, 0) is 47.3 Å². The molecular formula is C13H14BrNO4. The lowest BCUT2D eigenvalue weighted by molar-refractivity contribution is -0.129. The molecule has 1 fully saturated rings. The molecule has 2 rings (SSSR count). The Kier molecular flexibility index (Phi) is 4.55. The van der Waals surface area contributed by atoms with Crippen LogP contribution in [0.3, 0.4) is 0 Å². The molecule has 1 saturated heterocycles. The maximum absolute atomic E-state index is 12.0. The number of aromatic carboxylic acids is 1. The van der Waals surface area contributed by atoms with E-state index < -0.39 is 12.1 Å². The van der Waals surface area contributed by atoms with Crippen LogP contribution in [0.2, 0.25) is 0 Å². The minimum Gasteiger partial charge on any atom is -0.478 e. The van der Waals surface area contributed by atoms with Crippen LogP contribution in [0.25, 0.3) is 0 Å². The first kappa shape index (κ1) is 14.0. The maximum atomic E-state index is 12.0. The van der Waals surface area contributed by atoms with Gasteiger partial charge in [-0.15, -0.1) is 0 Å². The van der Waals surface area contributed by atoms with Crippen LogP contribution in [-0.2, 0) is 9.53 Å². The van der Waals surface area contributed by atoms with E-state index >= 15 is 0 Å². The summed E-state index contributed by atoms with van der Waals surface area (Å²) in [5.74, 6) is -1.38. The molecule has 0 radical (unpaired) electrons. The van der Waals surface area contributed by atoms with E-state index in [0.29, 0.717) is 17.5 Å². The first-order valence-electron chi connectivity index (χ1n) is 6.04. The normalized spacial score (nSPS) is 18.9.